The van der Waals surface area contributed by atoms with E-state index in [0.29, 0.717) is 12.1 Å². The van der Waals surface area contributed by atoms with E-state index in [4.69, 9.17) is 5.11 Å². The summed E-state index contributed by atoms with van der Waals surface area (Å²) in [6, 6.07) is 5.19. The zero-order valence-electron chi connectivity index (χ0n) is 12.2. The molecule has 0 saturated carbocycles. The molecule has 1 aromatic rings. The van der Waals surface area contributed by atoms with E-state index in [1.54, 1.807) is 13.8 Å². The standard InChI is InChI=1S/C14H19NO5S/c1-4-15(10(2)9-13(16)17)14(18)11-5-7-12(8-6-11)21(3,19)20/h5-8,10H,4,9H2,1-3H3,(H,16,17). The van der Waals surface area contributed by atoms with Gasteiger partial charge in [-0.15, -0.1) is 0 Å². The fourth-order valence-electron chi connectivity index (χ4n) is 2.03. The molecule has 6 nitrogen and oxygen atoms in total. The minimum absolute atomic E-state index is 0.138. The molecule has 0 aromatic heterocycles. The van der Waals surface area contributed by atoms with Gasteiger partial charge >= 0.3 is 5.97 Å². The van der Waals surface area contributed by atoms with Crippen molar-refractivity contribution >= 4 is 21.7 Å². The van der Waals surface area contributed by atoms with Crippen LogP contribution in [0.4, 0.5) is 0 Å². The maximum absolute atomic E-state index is 12.3. The molecular formula is C14H19NO5S. The number of amides is 1. The Bertz CT molecular complexity index is 621. The molecule has 0 spiro atoms. The smallest absolute Gasteiger partial charge is 0.305 e. The van der Waals surface area contributed by atoms with Gasteiger partial charge in [-0.3, -0.25) is 9.59 Å². The second-order valence-electron chi connectivity index (χ2n) is 4.83. The maximum Gasteiger partial charge on any atom is 0.305 e. The predicted octanol–water partition coefficient (Wildman–Crippen LogP) is 1.42. The Morgan fingerprint density at radius 3 is 2.14 bits per heavy atom. The van der Waals surface area contributed by atoms with E-state index in [9.17, 15) is 18.0 Å². The van der Waals surface area contributed by atoms with Crippen molar-refractivity contribution in [2.45, 2.75) is 31.2 Å². The summed E-state index contributed by atoms with van der Waals surface area (Å²) in [5.41, 5.74) is 0.335. The summed E-state index contributed by atoms with van der Waals surface area (Å²) in [5, 5.41) is 8.80. The molecule has 1 unspecified atom stereocenters. The largest absolute Gasteiger partial charge is 0.481 e. The van der Waals surface area contributed by atoms with Crippen molar-refractivity contribution in [1.82, 2.24) is 4.90 Å². The molecular weight excluding hydrogens is 294 g/mol. The molecule has 1 amide bonds. The van der Waals surface area contributed by atoms with Crippen LogP contribution in [0.25, 0.3) is 0 Å². The zero-order valence-corrected chi connectivity index (χ0v) is 13.1. The Kier molecular flexibility index (Phi) is 5.48. The van der Waals surface area contributed by atoms with Gasteiger partial charge < -0.3 is 10.0 Å². The fourth-order valence-corrected chi connectivity index (χ4v) is 2.66. The van der Waals surface area contributed by atoms with Gasteiger partial charge in [0.2, 0.25) is 0 Å². The van der Waals surface area contributed by atoms with Gasteiger partial charge in [-0.25, -0.2) is 8.42 Å². The van der Waals surface area contributed by atoms with E-state index < -0.39 is 21.8 Å². The second-order valence-corrected chi connectivity index (χ2v) is 6.85. The SMILES string of the molecule is CCN(C(=O)c1ccc(S(C)(=O)=O)cc1)C(C)CC(=O)O. The zero-order chi connectivity index (χ0) is 16.2. The molecule has 0 heterocycles. The Labute approximate surface area is 124 Å². The molecule has 0 fully saturated rings. The van der Waals surface area contributed by atoms with Gasteiger partial charge in [0.1, 0.15) is 0 Å². The van der Waals surface area contributed by atoms with Crippen molar-refractivity contribution in [2.75, 3.05) is 12.8 Å². The molecule has 0 aliphatic carbocycles. The lowest BCUT2D eigenvalue weighted by Crippen LogP contribution is -2.39. The summed E-state index contributed by atoms with van der Waals surface area (Å²) in [5.74, 6) is -1.28. The number of sulfone groups is 1. The van der Waals surface area contributed by atoms with Crippen molar-refractivity contribution in [3.8, 4) is 0 Å². The molecule has 1 atom stereocenters. The number of carboxylic acids is 1. The molecule has 0 aliphatic rings. The number of hydrogen-bond acceptors (Lipinski definition) is 4. The molecule has 1 rings (SSSR count). The quantitative estimate of drug-likeness (QED) is 0.857. The van der Waals surface area contributed by atoms with Crippen LogP contribution in [0.15, 0.2) is 29.2 Å². The normalized spacial score (nSPS) is 12.7. The fraction of sp³-hybridized carbons (Fsp3) is 0.429. The summed E-state index contributed by atoms with van der Waals surface area (Å²) >= 11 is 0. The first-order valence-electron chi connectivity index (χ1n) is 6.49. The van der Waals surface area contributed by atoms with Crippen LogP contribution in [0, 0.1) is 0 Å². The lowest BCUT2D eigenvalue weighted by atomic mass is 10.1. The number of rotatable bonds is 6. The second kappa shape index (κ2) is 6.71. The van der Waals surface area contributed by atoms with Crippen molar-refractivity contribution in [1.29, 1.82) is 0 Å². The first-order valence-corrected chi connectivity index (χ1v) is 8.38. The van der Waals surface area contributed by atoms with Gasteiger partial charge in [-0.05, 0) is 38.1 Å². The molecule has 0 bridgehead atoms. The van der Waals surface area contributed by atoms with Gasteiger partial charge in [-0.2, -0.15) is 0 Å². The van der Waals surface area contributed by atoms with Gasteiger partial charge in [0, 0.05) is 24.4 Å². The van der Waals surface area contributed by atoms with Gasteiger partial charge in [0.05, 0.1) is 11.3 Å². The molecule has 1 N–H and O–H groups in total. The van der Waals surface area contributed by atoms with Crippen LogP contribution in [0.3, 0.4) is 0 Å². The highest BCUT2D eigenvalue weighted by molar-refractivity contribution is 7.90. The Balaban J connectivity index is 2.98. The summed E-state index contributed by atoms with van der Waals surface area (Å²) in [6.45, 7) is 3.81. The number of aliphatic carboxylic acids is 1. The first kappa shape index (κ1) is 17.2. The third-order valence-electron chi connectivity index (χ3n) is 3.13. The highest BCUT2D eigenvalue weighted by Crippen LogP contribution is 2.14. The van der Waals surface area contributed by atoms with Crippen molar-refractivity contribution in [3.05, 3.63) is 29.8 Å². The molecule has 7 heteroatoms. The van der Waals surface area contributed by atoms with Crippen LogP contribution >= 0.6 is 0 Å². The molecule has 1 aromatic carbocycles. The minimum Gasteiger partial charge on any atom is -0.481 e. The van der Waals surface area contributed by atoms with Crippen molar-refractivity contribution in [3.63, 3.8) is 0 Å². The van der Waals surface area contributed by atoms with E-state index in [0.717, 1.165) is 6.26 Å². The molecule has 0 radical (unpaired) electrons. The van der Waals surface area contributed by atoms with Crippen LogP contribution in [0.1, 0.15) is 30.6 Å². The van der Waals surface area contributed by atoms with E-state index in [1.807, 2.05) is 0 Å². The topological polar surface area (TPSA) is 91.8 Å². The van der Waals surface area contributed by atoms with E-state index in [2.05, 4.69) is 0 Å². The number of hydrogen-bond donors (Lipinski definition) is 1. The molecule has 0 aliphatic heterocycles. The third kappa shape index (κ3) is 4.56. The summed E-state index contributed by atoms with van der Waals surface area (Å²) in [6.07, 6.45) is 0.956. The number of carbonyl (C=O) groups is 2. The molecule has 0 saturated heterocycles. The highest BCUT2D eigenvalue weighted by Gasteiger charge is 2.22. The van der Waals surface area contributed by atoms with Gasteiger partial charge in [0.25, 0.3) is 5.91 Å². The number of carboxylic acid groups (broad SMARTS) is 1. The lowest BCUT2D eigenvalue weighted by molar-refractivity contribution is -0.138. The molecule has 21 heavy (non-hydrogen) atoms. The highest BCUT2D eigenvalue weighted by atomic mass is 32.2. The van der Waals surface area contributed by atoms with E-state index >= 15 is 0 Å². The number of benzene rings is 1. The predicted molar refractivity (Wildman–Crippen MR) is 78.0 cm³/mol. The third-order valence-corrected chi connectivity index (χ3v) is 4.26. The summed E-state index contributed by atoms with van der Waals surface area (Å²) in [7, 11) is -3.31. The lowest BCUT2D eigenvalue weighted by Gasteiger charge is -2.27. The average molecular weight is 313 g/mol. The van der Waals surface area contributed by atoms with Crippen LogP contribution in [0.5, 0.6) is 0 Å². The number of carbonyl (C=O) groups excluding carboxylic acids is 1. The first-order chi connectivity index (χ1) is 9.66. The Morgan fingerprint density at radius 2 is 1.76 bits per heavy atom. The minimum atomic E-state index is -3.31. The maximum atomic E-state index is 12.3. The van der Waals surface area contributed by atoms with Crippen LogP contribution < -0.4 is 0 Å². The van der Waals surface area contributed by atoms with E-state index in [-0.39, 0.29) is 17.2 Å². The molecule has 116 valence electrons. The van der Waals surface area contributed by atoms with Crippen molar-refractivity contribution in [2.24, 2.45) is 0 Å². The van der Waals surface area contributed by atoms with Gasteiger partial charge in [0.15, 0.2) is 9.84 Å². The van der Waals surface area contributed by atoms with Crippen LogP contribution in [-0.4, -0.2) is 49.1 Å². The average Bonchev–Trinajstić information content (AvgIpc) is 2.37. The van der Waals surface area contributed by atoms with Crippen LogP contribution in [0.2, 0.25) is 0 Å². The Morgan fingerprint density at radius 1 is 1.24 bits per heavy atom. The van der Waals surface area contributed by atoms with Crippen LogP contribution in [-0.2, 0) is 14.6 Å². The summed E-state index contributed by atoms with van der Waals surface area (Å²) < 4.78 is 22.7. The Hall–Kier alpha value is -1.89. The monoisotopic (exact) mass is 313 g/mol. The van der Waals surface area contributed by atoms with Gasteiger partial charge in [-0.1, -0.05) is 0 Å². The van der Waals surface area contributed by atoms with E-state index in [1.165, 1.54) is 29.2 Å². The van der Waals surface area contributed by atoms with Crippen molar-refractivity contribution < 1.29 is 23.1 Å². The summed E-state index contributed by atoms with van der Waals surface area (Å²) in [4.78, 5) is 24.7. The number of nitrogens with zero attached hydrogens (tertiary/aromatic N) is 1.